The molecule has 3 unspecified atom stereocenters. The number of hydrogen-bond donors (Lipinski definition) is 4. The van der Waals surface area contributed by atoms with E-state index in [0.29, 0.717) is 0 Å². The Morgan fingerprint density at radius 1 is 0.966 bits per heavy atom. The lowest BCUT2D eigenvalue weighted by atomic mass is 9.54. The van der Waals surface area contributed by atoms with Crippen LogP contribution in [0.1, 0.15) is 47.0 Å². The maximum absolute atomic E-state index is 12.7. The van der Waals surface area contributed by atoms with Crippen LogP contribution in [0.3, 0.4) is 0 Å². The molecule has 1 aliphatic heterocycles. The highest BCUT2D eigenvalue weighted by molar-refractivity contribution is 5.96. The van der Waals surface area contributed by atoms with Gasteiger partial charge < -0.3 is 30.2 Å². The van der Waals surface area contributed by atoms with Crippen molar-refractivity contribution in [2.24, 2.45) is 11.3 Å². The molecule has 0 fully saturated rings. The van der Waals surface area contributed by atoms with E-state index in [9.17, 15) is 39.6 Å². The fraction of sp³-hybridized carbons (Fsp3) is 0.684. The second-order valence-corrected chi connectivity index (χ2v) is 7.15. The Hall–Kier alpha value is -2.78. The van der Waals surface area contributed by atoms with Crippen molar-refractivity contribution in [2.75, 3.05) is 20.1 Å². The molecule has 0 aromatic carbocycles. The highest BCUT2D eigenvalue weighted by Crippen LogP contribution is 2.57. The second-order valence-electron chi connectivity index (χ2n) is 7.15. The molecule has 0 amide bonds. The van der Waals surface area contributed by atoms with Gasteiger partial charge in [-0.25, -0.2) is 9.59 Å². The molecule has 10 nitrogen and oxygen atoms in total. The molecule has 1 heterocycles. The summed E-state index contributed by atoms with van der Waals surface area (Å²) in [6.45, 7) is 5.72. The fourth-order valence-corrected chi connectivity index (χ4v) is 5.14. The number of hydrogen-bond acceptors (Lipinski definition) is 6. The minimum absolute atomic E-state index is 0.0122. The Kier molecular flexibility index (Phi) is 7.28. The summed E-state index contributed by atoms with van der Waals surface area (Å²) in [6, 6.07) is 0. The summed E-state index contributed by atoms with van der Waals surface area (Å²) < 4.78 is 0. The molecule has 1 aliphatic rings. The third-order valence-corrected chi connectivity index (χ3v) is 6.13. The minimum atomic E-state index is -1.95. The number of carboxylic acid groups (broad SMARTS) is 4. The molecule has 1 rings (SSSR count). The van der Waals surface area contributed by atoms with Gasteiger partial charge in [0.05, 0.1) is 5.57 Å². The zero-order chi connectivity index (χ0) is 22.7. The van der Waals surface area contributed by atoms with E-state index in [1.165, 1.54) is 16.8 Å². The van der Waals surface area contributed by atoms with Gasteiger partial charge in [0.2, 0.25) is 0 Å². The maximum atomic E-state index is 12.7. The Morgan fingerprint density at radius 2 is 1.52 bits per heavy atom. The lowest BCUT2D eigenvalue weighted by molar-refractivity contribution is -0.189. The smallest absolute Gasteiger partial charge is 0.335 e. The van der Waals surface area contributed by atoms with Gasteiger partial charge in [-0.15, -0.1) is 0 Å². The number of carbonyl (C=O) groups is 4. The van der Waals surface area contributed by atoms with E-state index in [4.69, 9.17) is 0 Å². The quantitative estimate of drug-likeness (QED) is 0.412. The molecule has 0 aromatic rings. The van der Waals surface area contributed by atoms with Gasteiger partial charge in [-0.05, 0) is 26.2 Å². The van der Waals surface area contributed by atoms with Gasteiger partial charge >= 0.3 is 23.9 Å². The van der Waals surface area contributed by atoms with Crippen molar-refractivity contribution >= 4 is 23.9 Å². The standard InChI is InChI=1S/C19H30N2O8/c1-6-11-13(15(24)25)14(20(5)10-12(22)23)21(9-4)19(8-3,17(28)29)18(11,7-2)16(26)27/h11H,6-10H2,1-5H3,(H,22,23)(H,24,25)(H,26,27)(H,28,29). The molecule has 0 spiro atoms. The average molecular weight is 414 g/mol. The fourth-order valence-electron chi connectivity index (χ4n) is 5.14. The number of nitrogens with zero attached hydrogens (tertiary/aromatic N) is 2. The largest absolute Gasteiger partial charge is 0.481 e. The topological polar surface area (TPSA) is 156 Å². The molecule has 0 aliphatic carbocycles. The molecule has 0 bridgehead atoms. The second kappa shape index (κ2) is 8.71. The van der Waals surface area contributed by atoms with E-state index < -0.39 is 47.3 Å². The van der Waals surface area contributed by atoms with Crippen LogP contribution in [0.15, 0.2) is 11.4 Å². The van der Waals surface area contributed by atoms with Crippen LogP contribution in [0.5, 0.6) is 0 Å². The highest BCUT2D eigenvalue weighted by Gasteiger charge is 2.70. The van der Waals surface area contributed by atoms with Crippen LogP contribution in [0.2, 0.25) is 0 Å². The van der Waals surface area contributed by atoms with E-state index in [1.807, 2.05) is 0 Å². The summed E-state index contributed by atoms with van der Waals surface area (Å²) in [6.07, 6.45) is -0.146. The Balaban J connectivity index is 4.22. The number of rotatable bonds is 10. The van der Waals surface area contributed by atoms with Crippen LogP contribution in [0.4, 0.5) is 0 Å². The third kappa shape index (κ3) is 3.30. The van der Waals surface area contributed by atoms with Crippen LogP contribution in [-0.2, 0) is 19.2 Å². The van der Waals surface area contributed by atoms with Crippen molar-refractivity contribution in [3.05, 3.63) is 11.4 Å². The molecular formula is C19H30N2O8. The zero-order valence-electron chi connectivity index (χ0n) is 17.4. The van der Waals surface area contributed by atoms with Crippen molar-refractivity contribution in [2.45, 2.75) is 52.5 Å². The third-order valence-electron chi connectivity index (χ3n) is 6.13. The summed E-state index contributed by atoms with van der Waals surface area (Å²) in [5.74, 6) is -6.58. The predicted molar refractivity (Wildman–Crippen MR) is 102 cm³/mol. The minimum Gasteiger partial charge on any atom is -0.481 e. The highest BCUT2D eigenvalue weighted by atomic mass is 16.4. The molecule has 0 aromatic heterocycles. The lowest BCUT2D eigenvalue weighted by Crippen LogP contribution is -2.73. The van der Waals surface area contributed by atoms with E-state index in [1.54, 1.807) is 27.7 Å². The molecule has 29 heavy (non-hydrogen) atoms. The van der Waals surface area contributed by atoms with Crippen molar-refractivity contribution < 1.29 is 39.6 Å². The lowest BCUT2D eigenvalue weighted by Gasteiger charge is -2.59. The average Bonchev–Trinajstić information content (AvgIpc) is 2.63. The number of carboxylic acids is 4. The van der Waals surface area contributed by atoms with E-state index in [0.717, 1.165) is 0 Å². The van der Waals surface area contributed by atoms with Gasteiger partial charge in [-0.3, -0.25) is 9.59 Å². The Labute approximate surface area is 169 Å². The first kappa shape index (κ1) is 24.3. The zero-order valence-corrected chi connectivity index (χ0v) is 17.4. The van der Waals surface area contributed by atoms with Crippen LogP contribution >= 0.6 is 0 Å². The van der Waals surface area contributed by atoms with Crippen LogP contribution in [0, 0.1) is 11.3 Å². The summed E-state index contributed by atoms with van der Waals surface area (Å²) in [7, 11) is 1.36. The molecule has 4 N–H and O–H groups in total. The van der Waals surface area contributed by atoms with Crippen LogP contribution in [-0.4, -0.2) is 79.8 Å². The van der Waals surface area contributed by atoms with Gasteiger partial charge in [0, 0.05) is 19.5 Å². The first-order valence-corrected chi connectivity index (χ1v) is 9.59. The summed E-state index contributed by atoms with van der Waals surface area (Å²) in [5.41, 5.74) is -4.14. The van der Waals surface area contributed by atoms with Crippen molar-refractivity contribution in [3.8, 4) is 0 Å². The molecule has 10 heteroatoms. The molecule has 0 radical (unpaired) electrons. The number of likely N-dealkylation sites (N-methyl/N-ethyl adjacent to an activating group) is 2. The van der Waals surface area contributed by atoms with Crippen molar-refractivity contribution in [1.29, 1.82) is 0 Å². The van der Waals surface area contributed by atoms with Gasteiger partial charge in [-0.2, -0.15) is 0 Å². The van der Waals surface area contributed by atoms with Crippen LogP contribution in [0.25, 0.3) is 0 Å². The van der Waals surface area contributed by atoms with Gasteiger partial charge in [-0.1, -0.05) is 20.8 Å². The normalized spacial score (nSPS) is 26.9. The molecule has 3 atom stereocenters. The van der Waals surface area contributed by atoms with Gasteiger partial charge in [0.25, 0.3) is 0 Å². The SMILES string of the molecule is CCC1C(C(=O)O)=C(N(C)CC(=O)O)N(CC)C(CC)(C(=O)O)C1(CC)C(=O)O. The number of aliphatic carboxylic acids is 4. The van der Waals surface area contributed by atoms with E-state index >= 15 is 0 Å². The first-order valence-electron chi connectivity index (χ1n) is 9.59. The van der Waals surface area contributed by atoms with Crippen LogP contribution < -0.4 is 0 Å². The predicted octanol–water partition coefficient (Wildman–Crippen LogP) is 1.38. The molecule has 164 valence electrons. The maximum Gasteiger partial charge on any atom is 0.335 e. The first-order chi connectivity index (χ1) is 13.4. The molecular weight excluding hydrogens is 384 g/mol. The van der Waals surface area contributed by atoms with Crippen molar-refractivity contribution in [1.82, 2.24) is 9.80 Å². The monoisotopic (exact) mass is 414 g/mol. The van der Waals surface area contributed by atoms with Crippen molar-refractivity contribution in [3.63, 3.8) is 0 Å². The summed E-state index contributed by atoms with van der Waals surface area (Å²) >= 11 is 0. The van der Waals surface area contributed by atoms with E-state index in [2.05, 4.69) is 0 Å². The molecule has 0 saturated heterocycles. The Bertz CT molecular complexity index is 734. The van der Waals surface area contributed by atoms with Gasteiger partial charge in [0.1, 0.15) is 17.8 Å². The summed E-state index contributed by atoms with van der Waals surface area (Å²) in [5, 5.41) is 39.8. The Morgan fingerprint density at radius 3 is 1.79 bits per heavy atom. The molecule has 0 saturated carbocycles. The van der Waals surface area contributed by atoms with E-state index in [-0.39, 0.29) is 37.2 Å². The van der Waals surface area contributed by atoms with Gasteiger partial charge in [0.15, 0.2) is 5.54 Å². The summed E-state index contributed by atoms with van der Waals surface area (Å²) in [4.78, 5) is 51.3.